The van der Waals surface area contributed by atoms with Gasteiger partial charge in [-0.2, -0.15) is 22.0 Å². The smallest absolute Gasteiger partial charge is 0.458 e. The largest absolute Gasteiger partial charge is 0.491 e. The van der Waals surface area contributed by atoms with Gasteiger partial charge in [0.1, 0.15) is 23.1 Å². The number of aromatic nitrogens is 1. The molecule has 1 aliphatic heterocycles. The van der Waals surface area contributed by atoms with Gasteiger partial charge in [-0.3, -0.25) is 4.79 Å². The number of hydrogen-bond acceptors (Lipinski definition) is 5. The van der Waals surface area contributed by atoms with Gasteiger partial charge in [-0.05, 0) is 57.9 Å². The summed E-state index contributed by atoms with van der Waals surface area (Å²) < 4.78 is 79.0. The standard InChI is InChI=1S/C24H25ClF5N3O4/c1-22(2,3)37-21(35)33-11-5-6-15(33)13-36-18-12-14(8-9-17(18)23(26,27)24(28,29)30)32-20(34)16-7-4-10-31-19(16)25/h4,7-10,12,15H,5-6,11,13H2,1-3H3,(H,32,34). The molecule has 1 aromatic heterocycles. The van der Waals surface area contributed by atoms with E-state index in [2.05, 4.69) is 10.3 Å². The number of ether oxygens (including phenoxy) is 2. The second-order valence-electron chi connectivity index (χ2n) is 9.36. The zero-order valence-electron chi connectivity index (χ0n) is 20.2. The molecule has 1 unspecified atom stereocenters. The third-order valence-corrected chi connectivity index (χ3v) is 5.68. The Morgan fingerprint density at radius 2 is 1.86 bits per heavy atom. The quantitative estimate of drug-likeness (QED) is 0.332. The SMILES string of the molecule is CC(C)(C)OC(=O)N1CCCC1COc1cc(NC(=O)c2cccnc2Cl)ccc1C(F)(F)C(F)(F)F. The van der Waals surface area contributed by atoms with Crippen LogP contribution in [0, 0.1) is 0 Å². The van der Waals surface area contributed by atoms with Crippen molar-refractivity contribution in [1.29, 1.82) is 0 Å². The molecule has 0 aliphatic carbocycles. The molecule has 1 saturated heterocycles. The lowest BCUT2D eigenvalue weighted by atomic mass is 10.1. The van der Waals surface area contributed by atoms with E-state index in [1.165, 1.54) is 23.2 Å². The Labute approximate surface area is 214 Å². The molecule has 2 aromatic rings. The number of carbonyl (C=O) groups is 2. The summed E-state index contributed by atoms with van der Waals surface area (Å²) >= 11 is 5.89. The lowest BCUT2D eigenvalue weighted by molar-refractivity contribution is -0.289. The average molecular weight is 550 g/mol. The highest BCUT2D eigenvalue weighted by Gasteiger charge is 2.60. The van der Waals surface area contributed by atoms with Crippen LogP contribution in [0.3, 0.4) is 0 Å². The molecule has 7 nitrogen and oxygen atoms in total. The summed E-state index contributed by atoms with van der Waals surface area (Å²) in [6.45, 7) is 4.98. The van der Waals surface area contributed by atoms with Crippen LogP contribution in [0.15, 0.2) is 36.5 Å². The molecule has 13 heteroatoms. The minimum absolute atomic E-state index is 0.0321. The number of halogens is 6. The van der Waals surface area contributed by atoms with Crippen LogP contribution in [0.1, 0.15) is 49.5 Å². The molecule has 0 radical (unpaired) electrons. The first-order valence-electron chi connectivity index (χ1n) is 11.2. The summed E-state index contributed by atoms with van der Waals surface area (Å²) in [7, 11) is 0. The number of hydrogen-bond donors (Lipinski definition) is 1. The molecular weight excluding hydrogens is 525 g/mol. The normalized spacial score (nSPS) is 16.5. The van der Waals surface area contributed by atoms with Crippen molar-refractivity contribution in [3.63, 3.8) is 0 Å². The maximum Gasteiger partial charge on any atom is 0.458 e. The van der Waals surface area contributed by atoms with Gasteiger partial charge in [0.05, 0.1) is 17.2 Å². The van der Waals surface area contributed by atoms with Crippen LogP contribution in [-0.2, 0) is 10.7 Å². The lowest BCUT2D eigenvalue weighted by Crippen LogP contribution is -2.42. The molecule has 1 fully saturated rings. The van der Waals surface area contributed by atoms with Crippen molar-refractivity contribution in [2.24, 2.45) is 0 Å². The highest BCUT2D eigenvalue weighted by Crippen LogP contribution is 2.47. The molecule has 1 N–H and O–H groups in total. The fraction of sp³-hybridized carbons (Fsp3) is 0.458. The second-order valence-corrected chi connectivity index (χ2v) is 9.72. The fourth-order valence-electron chi connectivity index (χ4n) is 3.64. The van der Waals surface area contributed by atoms with Crippen molar-refractivity contribution in [2.45, 2.75) is 57.4 Å². The van der Waals surface area contributed by atoms with Gasteiger partial charge < -0.3 is 19.7 Å². The Morgan fingerprint density at radius 3 is 2.49 bits per heavy atom. The zero-order valence-corrected chi connectivity index (χ0v) is 20.9. The number of pyridine rings is 1. The van der Waals surface area contributed by atoms with Crippen molar-refractivity contribution >= 4 is 29.3 Å². The van der Waals surface area contributed by atoms with Crippen molar-refractivity contribution in [3.05, 3.63) is 52.8 Å². The van der Waals surface area contributed by atoms with E-state index in [1.807, 2.05) is 0 Å². The maximum atomic E-state index is 14.3. The summed E-state index contributed by atoms with van der Waals surface area (Å²) in [5, 5.41) is 2.26. The molecule has 37 heavy (non-hydrogen) atoms. The van der Waals surface area contributed by atoms with Crippen LogP contribution < -0.4 is 10.1 Å². The number of likely N-dealkylation sites (tertiary alicyclic amines) is 1. The van der Waals surface area contributed by atoms with Gasteiger partial charge in [0, 0.05) is 24.5 Å². The fourth-order valence-corrected chi connectivity index (χ4v) is 3.85. The Morgan fingerprint density at radius 1 is 1.16 bits per heavy atom. The molecule has 3 rings (SSSR count). The van der Waals surface area contributed by atoms with E-state index in [0.717, 1.165) is 12.1 Å². The van der Waals surface area contributed by atoms with E-state index in [-0.39, 0.29) is 23.0 Å². The second kappa shape index (κ2) is 10.7. The first kappa shape index (κ1) is 28.4. The third-order valence-electron chi connectivity index (χ3n) is 5.37. The van der Waals surface area contributed by atoms with Gasteiger partial charge >= 0.3 is 18.2 Å². The number of alkyl halides is 5. The van der Waals surface area contributed by atoms with E-state index >= 15 is 0 Å². The third kappa shape index (κ3) is 6.79. The molecule has 1 atom stereocenters. The molecule has 0 saturated carbocycles. The van der Waals surface area contributed by atoms with Crippen molar-refractivity contribution in [1.82, 2.24) is 9.88 Å². The van der Waals surface area contributed by atoms with Crippen molar-refractivity contribution < 1.29 is 41.0 Å². The van der Waals surface area contributed by atoms with Crippen LogP contribution in [-0.4, -0.2) is 52.9 Å². The van der Waals surface area contributed by atoms with Gasteiger partial charge in [-0.15, -0.1) is 0 Å². The Bertz CT molecular complexity index is 1150. The first-order valence-corrected chi connectivity index (χ1v) is 11.6. The molecule has 0 spiro atoms. The Balaban J connectivity index is 1.87. The van der Waals surface area contributed by atoms with Gasteiger partial charge in [0.2, 0.25) is 0 Å². The molecule has 1 aromatic carbocycles. The predicted molar refractivity (Wildman–Crippen MR) is 125 cm³/mol. The number of benzene rings is 1. The van der Waals surface area contributed by atoms with E-state index < -0.39 is 47.1 Å². The van der Waals surface area contributed by atoms with E-state index in [9.17, 15) is 31.5 Å². The van der Waals surface area contributed by atoms with E-state index in [1.54, 1.807) is 20.8 Å². The zero-order chi connectivity index (χ0) is 27.6. The van der Waals surface area contributed by atoms with Crippen LogP contribution in [0.5, 0.6) is 5.75 Å². The maximum absolute atomic E-state index is 14.3. The number of nitrogens with zero attached hydrogens (tertiary/aromatic N) is 2. The van der Waals surface area contributed by atoms with Crippen molar-refractivity contribution in [3.8, 4) is 5.75 Å². The number of anilines is 1. The minimum atomic E-state index is -5.89. The van der Waals surface area contributed by atoms with Gasteiger partial charge in [-0.25, -0.2) is 9.78 Å². The first-order chi connectivity index (χ1) is 17.1. The molecule has 202 valence electrons. The number of rotatable bonds is 6. The number of nitrogens with one attached hydrogen (secondary N) is 1. The minimum Gasteiger partial charge on any atom is -0.491 e. The van der Waals surface area contributed by atoms with Crippen LogP contribution in [0.4, 0.5) is 32.4 Å². The average Bonchev–Trinajstić information content (AvgIpc) is 3.25. The van der Waals surface area contributed by atoms with Gasteiger partial charge in [0.25, 0.3) is 5.91 Å². The summed E-state index contributed by atoms with van der Waals surface area (Å²) in [6.07, 6.45) is -4.19. The molecule has 2 amide bonds. The van der Waals surface area contributed by atoms with E-state index in [0.29, 0.717) is 25.5 Å². The Kier molecular flexibility index (Phi) is 8.21. The van der Waals surface area contributed by atoms with E-state index in [4.69, 9.17) is 21.1 Å². The molecular formula is C24H25ClF5N3O4. The number of amides is 2. The van der Waals surface area contributed by atoms with Gasteiger partial charge in [0.15, 0.2) is 0 Å². The van der Waals surface area contributed by atoms with Crippen LogP contribution in [0.25, 0.3) is 0 Å². The van der Waals surface area contributed by atoms with Gasteiger partial charge in [-0.1, -0.05) is 11.6 Å². The molecule has 1 aliphatic rings. The predicted octanol–water partition coefficient (Wildman–Crippen LogP) is 6.42. The van der Waals surface area contributed by atoms with Crippen LogP contribution >= 0.6 is 11.6 Å². The molecule has 2 heterocycles. The highest BCUT2D eigenvalue weighted by molar-refractivity contribution is 6.33. The summed E-state index contributed by atoms with van der Waals surface area (Å²) in [6, 6.07) is 4.48. The highest BCUT2D eigenvalue weighted by atomic mass is 35.5. The lowest BCUT2D eigenvalue weighted by Gasteiger charge is -2.29. The summed E-state index contributed by atoms with van der Waals surface area (Å²) in [5.74, 6) is -6.79. The monoisotopic (exact) mass is 549 g/mol. The molecule has 0 bridgehead atoms. The van der Waals surface area contributed by atoms with Crippen molar-refractivity contribution in [2.75, 3.05) is 18.5 Å². The number of carbonyl (C=O) groups excluding carboxylic acids is 2. The summed E-state index contributed by atoms with van der Waals surface area (Å²) in [5.41, 5.74) is -2.36. The summed E-state index contributed by atoms with van der Waals surface area (Å²) in [4.78, 5) is 30.1. The van der Waals surface area contributed by atoms with Crippen LogP contribution in [0.2, 0.25) is 5.15 Å². The Hall–Kier alpha value is -3.15. The topological polar surface area (TPSA) is 80.8 Å².